The second-order valence-electron chi connectivity index (χ2n) is 7.42. The van der Waals surface area contributed by atoms with Crippen molar-refractivity contribution in [3.05, 3.63) is 23.8 Å². The van der Waals surface area contributed by atoms with Crippen LogP contribution >= 0.6 is 11.3 Å². The first-order valence-corrected chi connectivity index (χ1v) is 11.9. The van der Waals surface area contributed by atoms with E-state index in [1.54, 1.807) is 15.6 Å². The van der Waals surface area contributed by atoms with Crippen LogP contribution < -0.4 is 4.74 Å². The lowest BCUT2D eigenvalue weighted by atomic mass is 10.0. The van der Waals surface area contributed by atoms with Crippen LogP contribution in [0.3, 0.4) is 0 Å². The molecule has 0 unspecified atom stereocenters. The molecule has 1 aliphatic carbocycles. The molecule has 1 aromatic carbocycles. The molecule has 0 radical (unpaired) electrons. The van der Waals surface area contributed by atoms with Gasteiger partial charge in [0.25, 0.3) is 5.19 Å². The van der Waals surface area contributed by atoms with Crippen LogP contribution in [0.5, 0.6) is 5.19 Å². The van der Waals surface area contributed by atoms with Gasteiger partial charge in [-0.2, -0.15) is 0 Å². The minimum absolute atomic E-state index is 0.0497. The number of thiazole rings is 1. The summed E-state index contributed by atoms with van der Waals surface area (Å²) in [4.78, 5) is 4.61. The van der Waals surface area contributed by atoms with Crippen LogP contribution in [0, 0.1) is 6.92 Å². The van der Waals surface area contributed by atoms with Crippen LogP contribution in [-0.4, -0.2) is 42.2 Å². The molecule has 1 saturated heterocycles. The molecule has 0 amide bonds. The smallest absolute Gasteiger partial charge is 0.274 e. The van der Waals surface area contributed by atoms with Crippen molar-refractivity contribution < 1.29 is 13.2 Å². The van der Waals surface area contributed by atoms with Crippen molar-refractivity contribution in [2.75, 3.05) is 13.1 Å². The van der Waals surface area contributed by atoms with Gasteiger partial charge in [-0.15, -0.1) is 0 Å². The van der Waals surface area contributed by atoms with Gasteiger partial charge in [-0.05, 0) is 44.2 Å². The fourth-order valence-electron chi connectivity index (χ4n) is 4.04. The van der Waals surface area contributed by atoms with Gasteiger partial charge in [0.1, 0.15) is 6.10 Å². The molecular formula is C19H26N2O3S2. The van der Waals surface area contributed by atoms with Crippen molar-refractivity contribution in [1.29, 1.82) is 0 Å². The molecule has 142 valence electrons. The second kappa shape index (κ2) is 7.44. The molecule has 0 N–H and O–H groups in total. The van der Waals surface area contributed by atoms with Crippen LogP contribution in [-0.2, 0) is 10.0 Å². The minimum Gasteiger partial charge on any atom is -0.467 e. The van der Waals surface area contributed by atoms with Crippen molar-refractivity contribution in [1.82, 2.24) is 9.29 Å². The maximum atomic E-state index is 12.8. The first-order valence-electron chi connectivity index (χ1n) is 9.56. The normalized spacial score (nSPS) is 21.3. The summed E-state index contributed by atoms with van der Waals surface area (Å²) in [5.74, 6) is 0. The Morgan fingerprint density at radius 2 is 1.85 bits per heavy atom. The van der Waals surface area contributed by atoms with E-state index in [0.717, 1.165) is 54.3 Å². The highest BCUT2D eigenvalue weighted by Crippen LogP contribution is 2.32. The van der Waals surface area contributed by atoms with Crippen LogP contribution in [0.2, 0.25) is 0 Å². The van der Waals surface area contributed by atoms with Gasteiger partial charge in [-0.25, -0.2) is 17.7 Å². The highest BCUT2D eigenvalue weighted by Gasteiger charge is 2.35. The van der Waals surface area contributed by atoms with Crippen molar-refractivity contribution >= 4 is 31.6 Å². The fraction of sp³-hybridized carbons (Fsp3) is 0.632. The Labute approximate surface area is 159 Å². The largest absolute Gasteiger partial charge is 0.467 e. The molecular weight excluding hydrogens is 368 g/mol. The average Bonchev–Trinajstić information content (AvgIpc) is 3.07. The van der Waals surface area contributed by atoms with Crippen molar-refractivity contribution in [2.45, 2.75) is 63.2 Å². The average molecular weight is 395 g/mol. The number of aryl methyl sites for hydroxylation is 1. The Bertz CT molecular complexity index is 864. The summed E-state index contributed by atoms with van der Waals surface area (Å²) in [5.41, 5.74) is 2.16. The van der Waals surface area contributed by atoms with Gasteiger partial charge in [0.05, 0.1) is 15.5 Å². The molecule has 2 aromatic rings. The molecule has 1 aromatic heterocycles. The predicted octanol–water partition coefficient (Wildman–Crippen LogP) is 4.11. The van der Waals surface area contributed by atoms with E-state index in [9.17, 15) is 8.42 Å². The van der Waals surface area contributed by atoms with E-state index in [1.165, 1.54) is 6.42 Å². The minimum atomic E-state index is -3.14. The zero-order chi connectivity index (χ0) is 18.1. The number of aromatic nitrogens is 1. The number of benzene rings is 1. The summed E-state index contributed by atoms with van der Waals surface area (Å²) >= 11 is 1.57. The highest BCUT2D eigenvalue weighted by atomic mass is 32.2. The zero-order valence-electron chi connectivity index (χ0n) is 15.2. The summed E-state index contributed by atoms with van der Waals surface area (Å²) in [6, 6.07) is 6.15. The molecule has 7 heteroatoms. The summed E-state index contributed by atoms with van der Waals surface area (Å²) in [6.45, 7) is 3.18. The third-order valence-electron chi connectivity index (χ3n) is 5.60. The molecule has 0 bridgehead atoms. The molecule has 2 fully saturated rings. The van der Waals surface area contributed by atoms with E-state index >= 15 is 0 Å². The van der Waals surface area contributed by atoms with Gasteiger partial charge in [0.15, 0.2) is 0 Å². The Hall–Kier alpha value is -1.18. The number of nitrogens with zero attached hydrogens (tertiary/aromatic N) is 2. The summed E-state index contributed by atoms with van der Waals surface area (Å²) in [7, 11) is -3.14. The van der Waals surface area contributed by atoms with Crippen molar-refractivity contribution in [3.63, 3.8) is 0 Å². The molecule has 1 saturated carbocycles. The molecule has 4 rings (SSSR count). The van der Waals surface area contributed by atoms with Crippen LogP contribution in [0.4, 0.5) is 0 Å². The fourth-order valence-corrected chi connectivity index (χ4v) is 7.07. The first kappa shape index (κ1) is 18.2. The Balaban J connectivity index is 1.38. The number of hydrogen-bond acceptors (Lipinski definition) is 5. The Kier molecular flexibility index (Phi) is 5.21. The van der Waals surface area contributed by atoms with E-state index in [-0.39, 0.29) is 11.4 Å². The third-order valence-corrected chi connectivity index (χ3v) is 8.91. The van der Waals surface area contributed by atoms with Crippen molar-refractivity contribution in [3.8, 4) is 5.19 Å². The topological polar surface area (TPSA) is 59.5 Å². The lowest BCUT2D eigenvalue weighted by Gasteiger charge is -2.34. The molecule has 0 spiro atoms. The standard InChI is InChI=1S/C19H26N2O3S2/c1-14-6-5-9-17-18(14)20-19(25-17)24-15-10-12-21(13-11-15)26(22,23)16-7-3-2-4-8-16/h5-6,9,15-16H,2-4,7-8,10-13H2,1H3. The number of fused-ring (bicyclic) bond motifs is 1. The lowest BCUT2D eigenvalue weighted by molar-refractivity contribution is 0.134. The molecule has 2 heterocycles. The number of hydrogen-bond donors (Lipinski definition) is 0. The number of sulfonamides is 1. The number of piperidine rings is 1. The predicted molar refractivity (Wildman–Crippen MR) is 105 cm³/mol. The van der Waals surface area contributed by atoms with Crippen molar-refractivity contribution in [2.24, 2.45) is 0 Å². The van der Waals surface area contributed by atoms with E-state index < -0.39 is 10.0 Å². The maximum Gasteiger partial charge on any atom is 0.274 e. The van der Waals surface area contributed by atoms with Gasteiger partial charge in [0, 0.05) is 13.1 Å². The molecule has 26 heavy (non-hydrogen) atoms. The van der Waals surface area contributed by atoms with E-state index in [4.69, 9.17) is 4.74 Å². The van der Waals surface area contributed by atoms with E-state index in [1.807, 2.05) is 6.07 Å². The third kappa shape index (κ3) is 3.62. The zero-order valence-corrected chi connectivity index (χ0v) is 16.8. The Morgan fingerprint density at radius 1 is 1.12 bits per heavy atom. The van der Waals surface area contributed by atoms with Crippen LogP contribution in [0.25, 0.3) is 10.2 Å². The highest BCUT2D eigenvalue weighted by molar-refractivity contribution is 7.89. The second-order valence-corrected chi connectivity index (χ2v) is 10.6. The summed E-state index contributed by atoms with van der Waals surface area (Å²) in [5, 5.41) is 0.531. The molecule has 5 nitrogen and oxygen atoms in total. The van der Waals surface area contributed by atoms with Crippen LogP contribution in [0.1, 0.15) is 50.5 Å². The van der Waals surface area contributed by atoms with Gasteiger partial charge in [0.2, 0.25) is 10.0 Å². The number of ether oxygens (including phenoxy) is 1. The SMILES string of the molecule is Cc1cccc2sc(OC3CCN(S(=O)(=O)C4CCCCC4)CC3)nc12. The number of para-hydroxylation sites is 1. The van der Waals surface area contributed by atoms with E-state index in [2.05, 4.69) is 24.0 Å². The van der Waals surface area contributed by atoms with Gasteiger partial charge >= 0.3 is 0 Å². The summed E-state index contributed by atoms with van der Waals surface area (Å²) in [6.07, 6.45) is 6.42. The number of rotatable bonds is 4. The maximum absolute atomic E-state index is 12.8. The molecule has 0 atom stereocenters. The summed E-state index contributed by atoms with van der Waals surface area (Å²) < 4.78 is 34.6. The Morgan fingerprint density at radius 3 is 2.54 bits per heavy atom. The monoisotopic (exact) mass is 394 g/mol. The lowest BCUT2D eigenvalue weighted by Crippen LogP contribution is -2.46. The first-order chi connectivity index (χ1) is 12.5. The van der Waals surface area contributed by atoms with Gasteiger partial charge < -0.3 is 4.74 Å². The van der Waals surface area contributed by atoms with E-state index in [0.29, 0.717) is 18.3 Å². The molecule has 2 aliphatic rings. The van der Waals surface area contributed by atoms with Gasteiger partial charge in [-0.1, -0.05) is 42.7 Å². The molecule has 1 aliphatic heterocycles. The van der Waals surface area contributed by atoms with Crippen LogP contribution in [0.15, 0.2) is 18.2 Å². The van der Waals surface area contributed by atoms with Gasteiger partial charge in [-0.3, -0.25) is 0 Å². The quantitative estimate of drug-likeness (QED) is 0.783.